The predicted octanol–water partition coefficient (Wildman–Crippen LogP) is 2.10. The summed E-state index contributed by atoms with van der Waals surface area (Å²) in [6.07, 6.45) is 4.91. The summed E-state index contributed by atoms with van der Waals surface area (Å²) >= 11 is 0. The third-order valence-corrected chi connectivity index (χ3v) is 3.14. The van der Waals surface area contributed by atoms with Gasteiger partial charge in [-0.25, -0.2) is 0 Å². The molecule has 1 aliphatic rings. The van der Waals surface area contributed by atoms with Gasteiger partial charge in [-0.1, -0.05) is 13.3 Å². The molecule has 0 aliphatic carbocycles. The van der Waals surface area contributed by atoms with Crippen LogP contribution in [0.25, 0.3) is 0 Å². The molecule has 1 aliphatic heterocycles. The van der Waals surface area contributed by atoms with E-state index in [2.05, 4.69) is 29.4 Å². The van der Waals surface area contributed by atoms with Crippen LogP contribution < -0.4 is 5.32 Å². The molecule has 0 radical (unpaired) electrons. The maximum Gasteiger partial charge on any atom is 0.0823 e. The monoisotopic (exact) mass is 193 g/mol. The maximum absolute atomic E-state index is 4.42. The summed E-state index contributed by atoms with van der Waals surface area (Å²) in [5.74, 6) is 0. The molecule has 1 saturated heterocycles. The molecular formula is C11H19N3. The number of aryl methyl sites for hydroxylation is 1. The molecule has 3 heteroatoms. The fraction of sp³-hybridized carbons (Fsp3) is 0.727. The first-order chi connectivity index (χ1) is 6.83. The number of hydrogen-bond donors (Lipinski definition) is 2. The first kappa shape index (κ1) is 9.71. The van der Waals surface area contributed by atoms with Gasteiger partial charge >= 0.3 is 0 Å². The Bertz CT molecular complexity index is 297. The van der Waals surface area contributed by atoms with E-state index in [4.69, 9.17) is 0 Å². The van der Waals surface area contributed by atoms with Crippen LogP contribution in [0.3, 0.4) is 0 Å². The van der Waals surface area contributed by atoms with E-state index >= 15 is 0 Å². The summed E-state index contributed by atoms with van der Waals surface area (Å²) in [7, 11) is 0. The zero-order valence-electron chi connectivity index (χ0n) is 9.06. The van der Waals surface area contributed by atoms with Crippen molar-refractivity contribution < 1.29 is 0 Å². The van der Waals surface area contributed by atoms with Crippen LogP contribution in [0.15, 0.2) is 0 Å². The number of aromatic nitrogens is 2. The van der Waals surface area contributed by atoms with Gasteiger partial charge in [0.25, 0.3) is 0 Å². The van der Waals surface area contributed by atoms with Crippen LogP contribution in [0.2, 0.25) is 0 Å². The second-order valence-corrected chi connectivity index (χ2v) is 4.07. The molecule has 0 aromatic carbocycles. The van der Waals surface area contributed by atoms with Gasteiger partial charge in [0.05, 0.1) is 11.7 Å². The minimum atomic E-state index is 0.486. The first-order valence-corrected chi connectivity index (χ1v) is 5.60. The van der Waals surface area contributed by atoms with E-state index in [-0.39, 0.29) is 0 Å². The van der Waals surface area contributed by atoms with Crippen LogP contribution in [-0.4, -0.2) is 16.7 Å². The molecule has 2 heterocycles. The van der Waals surface area contributed by atoms with Crippen molar-refractivity contribution in [3.63, 3.8) is 0 Å². The lowest BCUT2D eigenvalue weighted by Crippen LogP contribution is -2.27. The minimum Gasteiger partial charge on any atom is -0.309 e. The molecule has 78 valence electrons. The summed E-state index contributed by atoms with van der Waals surface area (Å²) in [6.45, 7) is 5.48. The summed E-state index contributed by atoms with van der Waals surface area (Å²) in [4.78, 5) is 0. The van der Waals surface area contributed by atoms with Gasteiger partial charge in [-0.3, -0.25) is 5.10 Å². The van der Waals surface area contributed by atoms with Crippen molar-refractivity contribution in [2.24, 2.45) is 0 Å². The zero-order valence-corrected chi connectivity index (χ0v) is 9.06. The Morgan fingerprint density at radius 3 is 2.86 bits per heavy atom. The average Bonchev–Trinajstić information content (AvgIpc) is 2.61. The van der Waals surface area contributed by atoms with E-state index < -0.39 is 0 Å². The van der Waals surface area contributed by atoms with E-state index in [1.165, 1.54) is 36.2 Å². The number of piperidine rings is 1. The van der Waals surface area contributed by atoms with Gasteiger partial charge in [-0.05, 0) is 38.3 Å². The van der Waals surface area contributed by atoms with Crippen LogP contribution in [0.4, 0.5) is 0 Å². The van der Waals surface area contributed by atoms with E-state index in [1.54, 1.807) is 0 Å². The van der Waals surface area contributed by atoms with Gasteiger partial charge in [0, 0.05) is 5.69 Å². The van der Waals surface area contributed by atoms with Gasteiger partial charge in [0.2, 0.25) is 0 Å². The fourth-order valence-corrected chi connectivity index (χ4v) is 2.22. The molecule has 1 aromatic heterocycles. The Balaban J connectivity index is 2.18. The quantitative estimate of drug-likeness (QED) is 0.755. The van der Waals surface area contributed by atoms with E-state index in [1.807, 2.05) is 0 Å². The molecule has 14 heavy (non-hydrogen) atoms. The van der Waals surface area contributed by atoms with Crippen LogP contribution in [-0.2, 0) is 6.42 Å². The number of nitrogens with zero attached hydrogens (tertiary/aromatic N) is 1. The van der Waals surface area contributed by atoms with Crippen molar-refractivity contribution in [1.82, 2.24) is 15.5 Å². The number of hydrogen-bond acceptors (Lipinski definition) is 2. The number of aromatic amines is 1. The molecule has 1 atom stereocenters. The molecule has 0 amide bonds. The average molecular weight is 193 g/mol. The molecule has 2 N–H and O–H groups in total. The lowest BCUT2D eigenvalue weighted by Gasteiger charge is -2.22. The number of rotatable bonds is 2. The van der Waals surface area contributed by atoms with Crippen LogP contribution >= 0.6 is 0 Å². The molecule has 1 fully saturated rings. The van der Waals surface area contributed by atoms with Crippen molar-refractivity contribution in [3.8, 4) is 0 Å². The van der Waals surface area contributed by atoms with Crippen molar-refractivity contribution in [1.29, 1.82) is 0 Å². The topological polar surface area (TPSA) is 40.7 Å². The Hall–Kier alpha value is -0.830. The van der Waals surface area contributed by atoms with Gasteiger partial charge in [-0.15, -0.1) is 0 Å². The van der Waals surface area contributed by atoms with Gasteiger partial charge in [0.1, 0.15) is 0 Å². The Morgan fingerprint density at radius 1 is 1.43 bits per heavy atom. The largest absolute Gasteiger partial charge is 0.309 e. The molecule has 3 nitrogen and oxygen atoms in total. The zero-order chi connectivity index (χ0) is 9.97. The Morgan fingerprint density at radius 2 is 2.29 bits per heavy atom. The summed E-state index contributed by atoms with van der Waals surface area (Å²) < 4.78 is 0. The molecule has 0 saturated carbocycles. The molecule has 1 unspecified atom stereocenters. The fourth-order valence-electron chi connectivity index (χ4n) is 2.22. The summed E-state index contributed by atoms with van der Waals surface area (Å²) in [6, 6.07) is 0.486. The van der Waals surface area contributed by atoms with Crippen molar-refractivity contribution >= 4 is 0 Å². The van der Waals surface area contributed by atoms with E-state index in [0.29, 0.717) is 6.04 Å². The second kappa shape index (κ2) is 4.13. The Labute approximate surface area is 85.3 Å². The number of H-pyrrole nitrogens is 1. The summed E-state index contributed by atoms with van der Waals surface area (Å²) in [5, 5.41) is 11.1. The number of nitrogens with one attached hydrogen (secondary N) is 2. The summed E-state index contributed by atoms with van der Waals surface area (Å²) in [5.41, 5.74) is 3.88. The predicted molar refractivity (Wildman–Crippen MR) is 57.3 cm³/mol. The molecule has 0 bridgehead atoms. The van der Waals surface area contributed by atoms with E-state index in [0.717, 1.165) is 13.0 Å². The minimum absolute atomic E-state index is 0.486. The highest BCUT2D eigenvalue weighted by Gasteiger charge is 2.20. The van der Waals surface area contributed by atoms with E-state index in [9.17, 15) is 0 Å². The lowest BCUT2D eigenvalue weighted by molar-refractivity contribution is 0.404. The lowest BCUT2D eigenvalue weighted by atomic mass is 9.99. The van der Waals surface area contributed by atoms with Gasteiger partial charge < -0.3 is 5.32 Å². The molecule has 0 spiro atoms. The van der Waals surface area contributed by atoms with Crippen LogP contribution in [0.1, 0.15) is 49.2 Å². The highest BCUT2D eigenvalue weighted by Crippen LogP contribution is 2.25. The highest BCUT2D eigenvalue weighted by molar-refractivity contribution is 5.26. The first-order valence-electron chi connectivity index (χ1n) is 5.60. The molecular weight excluding hydrogens is 174 g/mol. The molecule has 2 rings (SSSR count). The van der Waals surface area contributed by atoms with Crippen molar-refractivity contribution in [2.45, 2.75) is 45.6 Å². The smallest absolute Gasteiger partial charge is 0.0823 e. The van der Waals surface area contributed by atoms with Crippen LogP contribution in [0.5, 0.6) is 0 Å². The van der Waals surface area contributed by atoms with Crippen molar-refractivity contribution in [2.75, 3.05) is 6.54 Å². The highest BCUT2D eigenvalue weighted by atomic mass is 15.1. The second-order valence-electron chi connectivity index (χ2n) is 4.07. The third kappa shape index (κ3) is 1.69. The van der Waals surface area contributed by atoms with Crippen molar-refractivity contribution in [3.05, 3.63) is 17.0 Å². The molecule has 1 aromatic rings. The van der Waals surface area contributed by atoms with Gasteiger partial charge in [0.15, 0.2) is 0 Å². The normalized spacial score (nSPS) is 22.6. The Kier molecular flexibility index (Phi) is 2.87. The maximum atomic E-state index is 4.42. The SMILES string of the molecule is CCc1[nH]nc(C2CCCCN2)c1C. The third-order valence-electron chi connectivity index (χ3n) is 3.14. The standard InChI is InChI=1S/C11H19N3/c1-3-9-8(2)11(14-13-9)10-6-4-5-7-12-10/h10,12H,3-7H2,1-2H3,(H,13,14). The van der Waals surface area contributed by atoms with Gasteiger partial charge in [-0.2, -0.15) is 5.10 Å². The van der Waals surface area contributed by atoms with Crippen LogP contribution in [0, 0.1) is 6.92 Å².